The summed E-state index contributed by atoms with van der Waals surface area (Å²) in [6.45, 7) is 1.63. The highest BCUT2D eigenvalue weighted by Gasteiger charge is 2.16. The van der Waals surface area contributed by atoms with Gasteiger partial charge in [-0.3, -0.25) is 4.79 Å². The molecule has 1 aliphatic rings. The maximum Gasteiger partial charge on any atom is 0.177 e. The molecule has 5 heteroatoms. The summed E-state index contributed by atoms with van der Waals surface area (Å²) in [6, 6.07) is 12.3. The van der Waals surface area contributed by atoms with E-state index in [1.165, 1.54) is 0 Å². The van der Waals surface area contributed by atoms with Crippen molar-refractivity contribution in [1.82, 2.24) is 15.0 Å². The summed E-state index contributed by atoms with van der Waals surface area (Å²) in [5.74, 6) is 0.365. The first-order chi connectivity index (χ1) is 10.8. The van der Waals surface area contributed by atoms with Crippen molar-refractivity contribution in [2.75, 3.05) is 18.0 Å². The summed E-state index contributed by atoms with van der Waals surface area (Å²) in [5, 5.41) is 0. The number of hydrogen-bond acceptors (Lipinski definition) is 4. The number of nitrogens with one attached hydrogen (secondary N) is 1. The number of ketones is 1. The Morgan fingerprint density at radius 3 is 2.55 bits per heavy atom. The van der Waals surface area contributed by atoms with Crippen molar-refractivity contribution in [2.24, 2.45) is 0 Å². The number of Topliss-reactive ketones (excluding diaryl/α,β-unsaturated/α-hetero) is 1. The minimum absolute atomic E-state index is 0.365. The van der Waals surface area contributed by atoms with E-state index in [0.717, 1.165) is 41.2 Å². The lowest BCUT2D eigenvalue weighted by molar-refractivity contribution is -0.119. The average molecular weight is 292 g/mol. The summed E-state index contributed by atoms with van der Waals surface area (Å²) in [6.07, 6.45) is 2.96. The van der Waals surface area contributed by atoms with Crippen molar-refractivity contribution in [3.8, 4) is 11.3 Å². The standard InChI is InChI=1S/C17H16N4O/c22-14-7-9-21(10-8-14)13-3-1-12(2-4-13)15-5-6-16-17(20-15)19-11-18-16/h1-6,11H,7-10H2,(H,18,19,20). The zero-order valence-corrected chi connectivity index (χ0v) is 12.1. The van der Waals surface area contributed by atoms with E-state index in [1.54, 1.807) is 6.33 Å². The number of carbonyl (C=O) groups excluding carboxylic acids is 1. The Kier molecular flexibility index (Phi) is 3.11. The average Bonchev–Trinajstić information content (AvgIpc) is 3.03. The van der Waals surface area contributed by atoms with Crippen LogP contribution < -0.4 is 4.90 Å². The van der Waals surface area contributed by atoms with E-state index in [2.05, 4.69) is 44.1 Å². The van der Waals surface area contributed by atoms with Crippen molar-refractivity contribution in [3.63, 3.8) is 0 Å². The molecule has 110 valence electrons. The van der Waals surface area contributed by atoms with E-state index in [0.29, 0.717) is 18.6 Å². The molecule has 0 saturated carbocycles. The van der Waals surface area contributed by atoms with E-state index in [1.807, 2.05) is 12.1 Å². The van der Waals surface area contributed by atoms with Crippen LogP contribution in [0.15, 0.2) is 42.7 Å². The number of aromatic amines is 1. The van der Waals surface area contributed by atoms with Gasteiger partial charge in [0.1, 0.15) is 5.78 Å². The first-order valence-corrected chi connectivity index (χ1v) is 7.47. The molecule has 1 fully saturated rings. The quantitative estimate of drug-likeness (QED) is 0.789. The first kappa shape index (κ1) is 13.0. The molecule has 0 aliphatic carbocycles. The van der Waals surface area contributed by atoms with Crippen LogP contribution in [0.4, 0.5) is 5.69 Å². The normalized spacial score (nSPS) is 15.5. The number of H-pyrrole nitrogens is 1. The van der Waals surface area contributed by atoms with Crippen LogP contribution in [0.25, 0.3) is 22.4 Å². The van der Waals surface area contributed by atoms with Gasteiger partial charge in [-0.05, 0) is 24.3 Å². The number of anilines is 1. The van der Waals surface area contributed by atoms with Gasteiger partial charge in [0.05, 0.1) is 17.5 Å². The highest BCUT2D eigenvalue weighted by atomic mass is 16.1. The van der Waals surface area contributed by atoms with Crippen LogP contribution in [0.3, 0.4) is 0 Å². The van der Waals surface area contributed by atoms with Crippen LogP contribution >= 0.6 is 0 Å². The molecule has 4 rings (SSSR count). The zero-order valence-electron chi connectivity index (χ0n) is 12.1. The van der Waals surface area contributed by atoms with Gasteiger partial charge in [-0.25, -0.2) is 9.97 Å². The molecule has 1 saturated heterocycles. The Hall–Kier alpha value is -2.69. The van der Waals surface area contributed by atoms with E-state index < -0.39 is 0 Å². The van der Waals surface area contributed by atoms with Crippen LogP contribution in [-0.4, -0.2) is 33.8 Å². The second kappa shape index (κ2) is 5.26. The summed E-state index contributed by atoms with van der Waals surface area (Å²) in [5.41, 5.74) is 4.83. The lowest BCUT2D eigenvalue weighted by Gasteiger charge is -2.28. The molecule has 0 amide bonds. The molecular weight excluding hydrogens is 276 g/mol. The van der Waals surface area contributed by atoms with Gasteiger partial charge in [0, 0.05) is 37.2 Å². The summed E-state index contributed by atoms with van der Waals surface area (Å²) < 4.78 is 0. The van der Waals surface area contributed by atoms with Crippen LogP contribution in [0.1, 0.15) is 12.8 Å². The number of hydrogen-bond donors (Lipinski definition) is 1. The molecule has 5 nitrogen and oxygen atoms in total. The van der Waals surface area contributed by atoms with Gasteiger partial charge in [-0.2, -0.15) is 0 Å². The van der Waals surface area contributed by atoms with Crippen molar-refractivity contribution in [1.29, 1.82) is 0 Å². The van der Waals surface area contributed by atoms with Gasteiger partial charge in [0.15, 0.2) is 5.65 Å². The molecule has 1 aromatic carbocycles. The second-order valence-corrected chi connectivity index (χ2v) is 5.54. The van der Waals surface area contributed by atoms with Crippen LogP contribution in [-0.2, 0) is 4.79 Å². The van der Waals surface area contributed by atoms with Gasteiger partial charge in [0.2, 0.25) is 0 Å². The number of rotatable bonds is 2. The first-order valence-electron chi connectivity index (χ1n) is 7.47. The van der Waals surface area contributed by atoms with Crippen molar-refractivity contribution in [2.45, 2.75) is 12.8 Å². The predicted molar refractivity (Wildman–Crippen MR) is 85.8 cm³/mol. The fraction of sp³-hybridized carbons (Fsp3) is 0.235. The van der Waals surface area contributed by atoms with Crippen molar-refractivity contribution >= 4 is 22.6 Å². The van der Waals surface area contributed by atoms with Gasteiger partial charge < -0.3 is 9.88 Å². The number of fused-ring (bicyclic) bond motifs is 1. The third-order valence-electron chi connectivity index (χ3n) is 4.13. The Bertz CT molecular complexity index is 812. The number of piperidine rings is 1. The molecule has 0 bridgehead atoms. The Morgan fingerprint density at radius 1 is 1.00 bits per heavy atom. The SMILES string of the molecule is O=C1CCN(c2ccc(-c3ccc4[nH]cnc4n3)cc2)CC1. The maximum atomic E-state index is 11.3. The molecule has 1 N–H and O–H groups in total. The number of imidazole rings is 1. The summed E-state index contributed by atoms with van der Waals surface area (Å²) in [7, 11) is 0. The maximum absolute atomic E-state index is 11.3. The second-order valence-electron chi connectivity index (χ2n) is 5.54. The van der Waals surface area contributed by atoms with Gasteiger partial charge in [-0.15, -0.1) is 0 Å². The fourth-order valence-electron chi connectivity index (χ4n) is 2.84. The third-order valence-corrected chi connectivity index (χ3v) is 4.13. The monoisotopic (exact) mass is 292 g/mol. The Balaban J connectivity index is 1.59. The van der Waals surface area contributed by atoms with Crippen molar-refractivity contribution < 1.29 is 4.79 Å². The lowest BCUT2D eigenvalue weighted by atomic mass is 10.1. The van der Waals surface area contributed by atoms with E-state index in [-0.39, 0.29) is 0 Å². The number of benzene rings is 1. The highest BCUT2D eigenvalue weighted by molar-refractivity contribution is 5.81. The van der Waals surface area contributed by atoms with Gasteiger partial charge >= 0.3 is 0 Å². The molecular formula is C17H16N4O. The van der Waals surface area contributed by atoms with E-state index in [4.69, 9.17) is 0 Å². The molecule has 3 aromatic rings. The minimum Gasteiger partial charge on any atom is -0.371 e. The van der Waals surface area contributed by atoms with E-state index >= 15 is 0 Å². The third kappa shape index (κ3) is 2.35. The molecule has 3 heterocycles. The Morgan fingerprint density at radius 2 is 1.77 bits per heavy atom. The van der Waals surface area contributed by atoms with Crippen LogP contribution in [0.2, 0.25) is 0 Å². The van der Waals surface area contributed by atoms with Crippen molar-refractivity contribution in [3.05, 3.63) is 42.7 Å². The van der Waals surface area contributed by atoms with Crippen LogP contribution in [0.5, 0.6) is 0 Å². The molecule has 0 spiro atoms. The zero-order chi connectivity index (χ0) is 14.9. The fourth-order valence-corrected chi connectivity index (χ4v) is 2.84. The molecule has 1 aliphatic heterocycles. The predicted octanol–water partition coefficient (Wildman–Crippen LogP) is 2.79. The number of aromatic nitrogens is 3. The Labute approximate surface area is 128 Å². The topological polar surface area (TPSA) is 61.9 Å². The largest absolute Gasteiger partial charge is 0.371 e. The van der Waals surface area contributed by atoms with Gasteiger partial charge in [-0.1, -0.05) is 12.1 Å². The lowest BCUT2D eigenvalue weighted by Crippen LogP contribution is -2.33. The van der Waals surface area contributed by atoms with Crippen LogP contribution in [0, 0.1) is 0 Å². The summed E-state index contributed by atoms with van der Waals surface area (Å²) in [4.78, 5) is 25.4. The number of pyridine rings is 1. The molecule has 0 atom stereocenters. The molecule has 22 heavy (non-hydrogen) atoms. The number of carbonyl (C=O) groups is 1. The smallest absolute Gasteiger partial charge is 0.177 e. The molecule has 2 aromatic heterocycles. The minimum atomic E-state index is 0.365. The number of nitrogens with zero attached hydrogens (tertiary/aromatic N) is 3. The van der Waals surface area contributed by atoms with E-state index in [9.17, 15) is 4.79 Å². The molecule has 0 unspecified atom stereocenters. The van der Waals surface area contributed by atoms with Gasteiger partial charge in [0.25, 0.3) is 0 Å². The summed E-state index contributed by atoms with van der Waals surface area (Å²) >= 11 is 0. The highest BCUT2D eigenvalue weighted by Crippen LogP contribution is 2.24. The molecule has 0 radical (unpaired) electrons.